The topological polar surface area (TPSA) is 28.5 Å². The number of hydrogen-bond donors (Lipinski definition) is 0. The van der Waals surface area contributed by atoms with Gasteiger partial charge in [0.25, 0.3) is 5.56 Å². The van der Waals surface area contributed by atoms with E-state index < -0.39 is 0 Å². The van der Waals surface area contributed by atoms with Crippen molar-refractivity contribution in [2.75, 3.05) is 32.1 Å². The van der Waals surface area contributed by atoms with E-state index in [0.717, 1.165) is 36.3 Å². The van der Waals surface area contributed by atoms with Crippen molar-refractivity contribution in [1.29, 1.82) is 0 Å². The Morgan fingerprint density at radius 3 is 2.56 bits per heavy atom. The Bertz CT molecular complexity index is 1010. The van der Waals surface area contributed by atoms with Crippen LogP contribution >= 0.6 is 0 Å². The Balaban J connectivity index is 1.81. The number of aromatic nitrogens is 1. The third-order valence-corrected chi connectivity index (χ3v) is 5.66. The van der Waals surface area contributed by atoms with Crippen LogP contribution < -0.4 is 10.5 Å². The second kappa shape index (κ2) is 7.20. The molecule has 4 rings (SSSR count). The van der Waals surface area contributed by atoms with Crippen LogP contribution in [0.1, 0.15) is 17.5 Å². The lowest BCUT2D eigenvalue weighted by molar-refractivity contribution is 0.315. The van der Waals surface area contributed by atoms with E-state index in [1.54, 1.807) is 0 Å². The van der Waals surface area contributed by atoms with Crippen LogP contribution in [-0.2, 0) is 6.54 Å². The Labute approximate surface area is 160 Å². The minimum atomic E-state index is 0.0681. The van der Waals surface area contributed by atoms with E-state index in [0.29, 0.717) is 12.6 Å². The highest BCUT2D eigenvalue weighted by Gasteiger charge is 2.26. The molecule has 3 aromatic rings. The van der Waals surface area contributed by atoms with Crippen molar-refractivity contribution in [1.82, 2.24) is 9.47 Å². The summed E-state index contributed by atoms with van der Waals surface area (Å²) >= 11 is 0. The van der Waals surface area contributed by atoms with Gasteiger partial charge in [-0.2, -0.15) is 0 Å². The molecule has 0 spiro atoms. The van der Waals surface area contributed by atoms with Gasteiger partial charge in [0.15, 0.2) is 0 Å². The Morgan fingerprint density at radius 2 is 1.85 bits per heavy atom. The fraction of sp³-hybridized carbons (Fsp3) is 0.348. The van der Waals surface area contributed by atoms with Gasteiger partial charge in [0.05, 0.1) is 17.7 Å². The van der Waals surface area contributed by atoms with Crippen molar-refractivity contribution in [2.24, 2.45) is 0 Å². The number of nitrogens with zero attached hydrogens (tertiary/aromatic N) is 3. The van der Waals surface area contributed by atoms with E-state index in [-0.39, 0.29) is 5.56 Å². The second-order valence-electron chi connectivity index (χ2n) is 7.81. The van der Waals surface area contributed by atoms with Crippen LogP contribution in [0.5, 0.6) is 0 Å². The molecular formula is C23H27N3O. The fourth-order valence-electron chi connectivity index (χ4n) is 4.05. The molecule has 0 saturated carbocycles. The standard InChI is InChI=1S/C23H27N3O/c1-17-9-10-21-20(13-17)22(25-12-11-19(16-25)24(2)3)14-23(27)26(21)15-18-7-5-4-6-8-18/h4-10,13-14,19H,11-12,15-16H2,1-3H3. The van der Waals surface area contributed by atoms with E-state index >= 15 is 0 Å². The number of aryl methyl sites for hydroxylation is 1. The normalized spacial score (nSPS) is 17.2. The smallest absolute Gasteiger partial charge is 0.253 e. The van der Waals surface area contributed by atoms with Gasteiger partial charge in [-0.3, -0.25) is 4.79 Å². The van der Waals surface area contributed by atoms with Crippen molar-refractivity contribution in [2.45, 2.75) is 25.9 Å². The van der Waals surface area contributed by atoms with Crippen molar-refractivity contribution < 1.29 is 0 Å². The summed E-state index contributed by atoms with van der Waals surface area (Å²) in [6, 6.07) is 19.0. The number of hydrogen-bond acceptors (Lipinski definition) is 3. The van der Waals surface area contributed by atoms with Gasteiger partial charge < -0.3 is 14.4 Å². The largest absolute Gasteiger partial charge is 0.369 e. The van der Waals surface area contributed by atoms with Gasteiger partial charge in [0, 0.05) is 30.6 Å². The summed E-state index contributed by atoms with van der Waals surface area (Å²) in [4.78, 5) is 17.7. The molecule has 1 saturated heterocycles. The molecule has 4 nitrogen and oxygen atoms in total. The molecule has 0 N–H and O–H groups in total. The van der Waals surface area contributed by atoms with Gasteiger partial charge in [-0.1, -0.05) is 42.0 Å². The van der Waals surface area contributed by atoms with E-state index in [1.807, 2.05) is 28.8 Å². The van der Waals surface area contributed by atoms with Crippen LogP contribution in [0.2, 0.25) is 0 Å². The number of fused-ring (bicyclic) bond motifs is 1. The van der Waals surface area contributed by atoms with Gasteiger partial charge in [-0.25, -0.2) is 0 Å². The van der Waals surface area contributed by atoms with E-state index in [2.05, 4.69) is 61.2 Å². The molecule has 4 heteroatoms. The zero-order valence-electron chi connectivity index (χ0n) is 16.4. The molecule has 1 atom stereocenters. The molecule has 0 radical (unpaired) electrons. The number of benzene rings is 2. The van der Waals surface area contributed by atoms with E-state index in [9.17, 15) is 4.79 Å². The average molecular weight is 361 g/mol. The molecule has 2 aromatic carbocycles. The van der Waals surface area contributed by atoms with Crippen molar-refractivity contribution in [3.8, 4) is 0 Å². The number of anilines is 1. The van der Waals surface area contributed by atoms with Gasteiger partial charge in [-0.15, -0.1) is 0 Å². The first-order chi connectivity index (χ1) is 13.0. The van der Waals surface area contributed by atoms with E-state index in [4.69, 9.17) is 0 Å². The monoisotopic (exact) mass is 361 g/mol. The number of rotatable bonds is 4. The summed E-state index contributed by atoms with van der Waals surface area (Å²) in [6.45, 7) is 4.68. The van der Waals surface area contributed by atoms with E-state index in [1.165, 1.54) is 10.9 Å². The minimum Gasteiger partial charge on any atom is -0.369 e. The highest BCUT2D eigenvalue weighted by Crippen LogP contribution is 2.30. The third-order valence-electron chi connectivity index (χ3n) is 5.66. The van der Waals surface area contributed by atoms with Crippen LogP contribution in [0, 0.1) is 6.92 Å². The van der Waals surface area contributed by atoms with Crippen LogP contribution in [-0.4, -0.2) is 42.7 Å². The highest BCUT2D eigenvalue weighted by atomic mass is 16.1. The molecule has 1 unspecified atom stereocenters. The Kier molecular flexibility index (Phi) is 4.75. The third kappa shape index (κ3) is 3.50. The molecule has 140 valence electrons. The molecule has 1 aliphatic heterocycles. The van der Waals surface area contributed by atoms with Crippen LogP contribution in [0.3, 0.4) is 0 Å². The van der Waals surface area contributed by atoms with Crippen molar-refractivity contribution in [3.05, 3.63) is 76.1 Å². The summed E-state index contributed by atoms with van der Waals surface area (Å²) < 4.78 is 1.90. The minimum absolute atomic E-state index is 0.0681. The van der Waals surface area contributed by atoms with Crippen LogP contribution in [0.4, 0.5) is 5.69 Å². The predicted octanol–water partition coefficient (Wildman–Crippen LogP) is 3.50. The van der Waals surface area contributed by atoms with Gasteiger partial charge >= 0.3 is 0 Å². The zero-order valence-corrected chi connectivity index (χ0v) is 16.4. The molecule has 2 heterocycles. The summed E-state index contributed by atoms with van der Waals surface area (Å²) in [5.74, 6) is 0. The number of pyridine rings is 1. The van der Waals surface area contributed by atoms with Gasteiger partial charge in [0.1, 0.15) is 0 Å². The molecule has 1 fully saturated rings. The molecular weight excluding hydrogens is 334 g/mol. The first kappa shape index (κ1) is 17.8. The number of likely N-dealkylation sites (N-methyl/N-ethyl adjacent to an activating group) is 1. The van der Waals surface area contributed by atoms with Gasteiger partial charge in [-0.05, 0) is 45.1 Å². The summed E-state index contributed by atoms with van der Waals surface area (Å²) in [6.07, 6.45) is 1.13. The molecule has 0 aliphatic carbocycles. The maximum absolute atomic E-state index is 13.0. The Hall–Kier alpha value is -2.59. The van der Waals surface area contributed by atoms with Crippen LogP contribution in [0.25, 0.3) is 10.9 Å². The Morgan fingerprint density at radius 1 is 1.07 bits per heavy atom. The lowest BCUT2D eigenvalue weighted by Crippen LogP contribution is -2.32. The van der Waals surface area contributed by atoms with Crippen molar-refractivity contribution >= 4 is 16.6 Å². The maximum atomic E-state index is 13.0. The SMILES string of the molecule is Cc1ccc2c(c1)c(N1CCC(N(C)C)C1)cc(=O)n2Cc1ccccc1. The fourth-order valence-corrected chi connectivity index (χ4v) is 4.05. The highest BCUT2D eigenvalue weighted by molar-refractivity contribution is 5.92. The summed E-state index contributed by atoms with van der Waals surface area (Å²) in [7, 11) is 4.27. The molecule has 0 bridgehead atoms. The first-order valence-electron chi connectivity index (χ1n) is 9.62. The lowest BCUT2D eigenvalue weighted by Gasteiger charge is -2.24. The van der Waals surface area contributed by atoms with Gasteiger partial charge in [0.2, 0.25) is 0 Å². The predicted molar refractivity (Wildman–Crippen MR) is 113 cm³/mol. The lowest BCUT2D eigenvalue weighted by atomic mass is 10.1. The zero-order chi connectivity index (χ0) is 19.0. The second-order valence-corrected chi connectivity index (χ2v) is 7.81. The molecule has 1 aliphatic rings. The molecule has 1 aromatic heterocycles. The molecule has 0 amide bonds. The molecule has 27 heavy (non-hydrogen) atoms. The maximum Gasteiger partial charge on any atom is 0.253 e. The van der Waals surface area contributed by atoms with Crippen LogP contribution in [0.15, 0.2) is 59.4 Å². The van der Waals surface area contributed by atoms with Crippen molar-refractivity contribution in [3.63, 3.8) is 0 Å². The average Bonchev–Trinajstić information content (AvgIpc) is 3.15. The summed E-state index contributed by atoms with van der Waals surface area (Å²) in [5, 5.41) is 1.17. The first-order valence-corrected chi connectivity index (χ1v) is 9.62. The summed E-state index contributed by atoms with van der Waals surface area (Å²) in [5.41, 5.74) is 4.52. The quantitative estimate of drug-likeness (QED) is 0.712.